The lowest BCUT2D eigenvalue weighted by Gasteiger charge is -2.16. The molecule has 0 radical (unpaired) electrons. The Morgan fingerprint density at radius 2 is 2.20 bits per heavy atom. The molecule has 104 valence electrons. The summed E-state index contributed by atoms with van der Waals surface area (Å²) in [6.45, 7) is 6.10. The zero-order chi connectivity index (χ0) is 14.3. The normalized spacial score (nSPS) is 21.6. The number of amides is 1. The first-order chi connectivity index (χ1) is 9.61. The van der Waals surface area contributed by atoms with Gasteiger partial charge in [-0.15, -0.1) is 0 Å². The van der Waals surface area contributed by atoms with Crippen LogP contribution >= 0.6 is 11.3 Å². The van der Waals surface area contributed by atoms with Crippen molar-refractivity contribution in [2.75, 3.05) is 5.32 Å². The molecule has 0 saturated carbocycles. The second kappa shape index (κ2) is 4.86. The molecule has 5 nitrogen and oxygen atoms in total. The van der Waals surface area contributed by atoms with Crippen LogP contribution in [0.2, 0.25) is 0 Å². The van der Waals surface area contributed by atoms with Crippen molar-refractivity contribution in [2.24, 2.45) is 5.16 Å². The molecule has 0 bridgehead atoms. The first kappa shape index (κ1) is 13.1. The van der Waals surface area contributed by atoms with Crippen LogP contribution in [0.4, 0.5) is 5.13 Å². The van der Waals surface area contributed by atoms with E-state index < -0.39 is 0 Å². The van der Waals surface area contributed by atoms with Crippen molar-refractivity contribution in [3.05, 3.63) is 23.3 Å². The summed E-state index contributed by atoms with van der Waals surface area (Å²) in [4.78, 5) is 20.3. The molecule has 0 aliphatic carbocycles. The number of nitrogens with zero attached hydrogens (tertiary/aromatic N) is 2. The number of fused-ring (bicyclic) bond motifs is 1. The van der Waals surface area contributed by atoms with E-state index in [1.54, 1.807) is 0 Å². The summed E-state index contributed by atoms with van der Waals surface area (Å²) in [5, 5.41) is 7.31. The number of nitrogens with one attached hydrogen (secondary N) is 1. The van der Waals surface area contributed by atoms with E-state index in [2.05, 4.69) is 28.4 Å². The van der Waals surface area contributed by atoms with Crippen LogP contribution in [0.3, 0.4) is 0 Å². The predicted molar refractivity (Wildman–Crippen MR) is 80.4 cm³/mol. The topological polar surface area (TPSA) is 63.6 Å². The molecule has 1 aromatic carbocycles. The van der Waals surface area contributed by atoms with Crippen molar-refractivity contribution in [3.63, 3.8) is 0 Å². The molecule has 1 aliphatic heterocycles. The molecule has 2 unspecified atom stereocenters. The molecule has 3 rings (SSSR count). The van der Waals surface area contributed by atoms with Crippen LogP contribution in [0.1, 0.15) is 30.9 Å². The molecular formula is C14H15N3O2S. The molecule has 0 fully saturated rings. The van der Waals surface area contributed by atoms with Crippen LogP contribution in [0.25, 0.3) is 10.2 Å². The van der Waals surface area contributed by atoms with Gasteiger partial charge in [0.25, 0.3) is 0 Å². The van der Waals surface area contributed by atoms with Crippen LogP contribution in [0.15, 0.2) is 17.3 Å². The third-order valence-electron chi connectivity index (χ3n) is 3.65. The van der Waals surface area contributed by atoms with Gasteiger partial charge in [-0.3, -0.25) is 4.79 Å². The fourth-order valence-electron chi connectivity index (χ4n) is 2.69. The van der Waals surface area contributed by atoms with Crippen LogP contribution in [0, 0.1) is 6.92 Å². The Morgan fingerprint density at radius 3 is 2.85 bits per heavy atom. The maximum Gasteiger partial charge on any atom is 0.213 e. The van der Waals surface area contributed by atoms with Gasteiger partial charge in [-0.05, 0) is 38.0 Å². The second-order valence-electron chi connectivity index (χ2n) is 4.93. The van der Waals surface area contributed by atoms with E-state index in [1.165, 1.54) is 22.5 Å². The van der Waals surface area contributed by atoms with E-state index in [9.17, 15) is 4.79 Å². The molecule has 1 aromatic heterocycles. The Labute approximate surface area is 120 Å². The zero-order valence-electron chi connectivity index (χ0n) is 11.5. The summed E-state index contributed by atoms with van der Waals surface area (Å²) < 4.78 is 1.10. The van der Waals surface area contributed by atoms with Gasteiger partial charge in [-0.2, -0.15) is 0 Å². The Hall–Kier alpha value is -1.95. The number of aromatic nitrogens is 1. The minimum Gasteiger partial charge on any atom is -0.392 e. The molecule has 0 spiro atoms. The highest BCUT2D eigenvalue weighted by atomic mass is 32.1. The number of anilines is 1. The van der Waals surface area contributed by atoms with Gasteiger partial charge in [0.2, 0.25) is 6.41 Å². The minimum atomic E-state index is 0.0478. The van der Waals surface area contributed by atoms with Gasteiger partial charge in [0.1, 0.15) is 6.10 Å². The summed E-state index contributed by atoms with van der Waals surface area (Å²) >= 11 is 1.49. The Balaban J connectivity index is 2.11. The molecular weight excluding hydrogens is 274 g/mol. The molecule has 20 heavy (non-hydrogen) atoms. The molecule has 2 aromatic rings. The highest BCUT2D eigenvalue weighted by Gasteiger charge is 2.31. The van der Waals surface area contributed by atoms with E-state index in [1.807, 2.05) is 19.9 Å². The molecule has 2 heterocycles. The van der Waals surface area contributed by atoms with Gasteiger partial charge < -0.3 is 10.2 Å². The third kappa shape index (κ3) is 1.96. The summed E-state index contributed by atoms with van der Waals surface area (Å²) in [6.07, 6.45) is 0.698. The van der Waals surface area contributed by atoms with E-state index in [0.29, 0.717) is 11.5 Å². The minimum absolute atomic E-state index is 0.0478. The molecule has 6 heteroatoms. The first-order valence-corrected chi connectivity index (χ1v) is 7.24. The molecule has 1 aliphatic rings. The van der Waals surface area contributed by atoms with Gasteiger partial charge in [-0.25, -0.2) is 4.98 Å². The maximum absolute atomic E-state index is 10.5. The number of hydrogen-bond donors (Lipinski definition) is 1. The van der Waals surface area contributed by atoms with Crippen molar-refractivity contribution >= 4 is 38.8 Å². The number of carbonyl (C=O) groups is 1. The number of carbonyl (C=O) groups excluding carboxylic acids is 1. The smallest absolute Gasteiger partial charge is 0.213 e. The van der Waals surface area contributed by atoms with Gasteiger partial charge in [0, 0.05) is 0 Å². The monoisotopic (exact) mass is 289 g/mol. The van der Waals surface area contributed by atoms with E-state index in [0.717, 1.165) is 15.9 Å². The quantitative estimate of drug-likeness (QED) is 0.883. The van der Waals surface area contributed by atoms with Crippen molar-refractivity contribution in [3.8, 4) is 0 Å². The lowest BCUT2D eigenvalue weighted by Crippen LogP contribution is -2.17. The Bertz CT molecular complexity index is 708. The Morgan fingerprint density at radius 1 is 1.40 bits per heavy atom. The summed E-state index contributed by atoms with van der Waals surface area (Å²) in [5.74, 6) is 0.184. The summed E-state index contributed by atoms with van der Waals surface area (Å²) in [6, 6.07) is 4.07. The van der Waals surface area contributed by atoms with Crippen LogP contribution in [-0.4, -0.2) is 23.2 Å². The lowest BCUT2D eigenvalue weighted by molar-refractivity contribution is -0.105. The summed E-state index contributed by atoms with van der Waals surface area (Å²) in [5.41, 5.74) is 4.29. The highest BCUT2D eigenvalue weighted by Crippen LogP contribution is 2.37. The van der Waals surface area contributed by atoms with Crippen molar-refractivity contribution in [2.45, 2.75) is 32.8 Å². The molecule has 1 amide bonds. The fourth-order valence-corrected chi connectivity index (χ4v) is 3.62. The van der Waals surface area contributed by atoms with E-state index in [4.69, 9.17) is 4.84 Å². The molecule has 2 atom stereocenters. The van der Waals surface area contributed by atoms with Gasteiger partial charge >= 0.3 is 0 Å². The Kier molecular flexibility index (Phi) is 3.17. The largest absolute Gasteiger partial charge is 0.392 e. The molecule has 1 N–H and O–H groups in total. The van der Waals surface area contributed by atoms with Gasteiger partial charge in [0.15, 0.2) is 5.13 Å². The van der Waals surface area contributed by atoms with Crippen molar-refractivity contribution in [1.82, 2.24) is 4.98 Å². The molecule has 0 saturated heterocycles. The van der Waals surface area contributed by atoms with Gasteiger partial charge in [-0.1, -0.05) is 22.6 Å². The van der Waals surface area contributed by atoms with Crippen molar-refractivity contribution < 1.29 is 9.63 Å². The van der Waals surface area contributed by atoms with Gasteiger partial charge in [0.05, 0.1) is 21.8 Å². The predicted octanol–water partition coefficient (Wildman–Crippen LogP) is 3.05. The highest BCUT2D eigenvalue weighted by molar-refractivity contribution is 7.22. The van der Waals surface area contributed by atoms with E-state index >= 15 is 0 Å². The van der Waals surface area contributed by atoms with Crippen LogP contribution in [-0.2, 0) is 9.63 Å². The first-order valence-electron chi connectivity index (χ1n) is 6.42. The third-order valence-corrected chi connectivity index (χ3v) is 4.77. The number of benzene rings is 1. The van der Waals surface area contributed by atoms with Crippen molar-refractivity contribution in [1.29, 1.82) is 0 Å². The SMILES string of the molecule is CC1=NOC(C)C1c1ccc2nc(NC=O)sc2c1C. The average molecular weight is 289 g/mol. The zero-order valence-corrected chi connectivity index (χ0v) is 12.3. The summed E-state index contributed by atoms with van der Waals surface area (Å²) in [7, 11) is 0. The lowest BCUT2D eigenvalue weighted by atomic mass is 9.88. The second-order valence-corrected chi connectivity index (χ2v) is 5.93. The maximum atomic E-state index is 10.5. The average Bonchev–Trinajstić information content (AvgIpc) is 2.96. The fraction of sp³-hybridized carbons (Fsp3) is 0.357. The number of thiazole rings is 1. The number of rotatable bonds is 3. The standard InChI is InChI=1S/C14H15N3O2S/c1-7-10(12-8(2)17-19-9(12)3)4-5-11-13(7)20-14(16-11)15-6-18/h4-6,9,12H,1-3H3,(H,15,16,18). The van der Waals surface area contributed by atoms with Crippen LogP contribution in [0.5, 0.6) is 0 Å². The number of oxime groups is 1. The van der Waals surface area contributed by atoms with Crippen LogP contribution < -0.4 is 5.32 Å². The number of aryl methyl sites for hydroxylation is 1. The van der Waals surface area contributed by atoms with E-state index in [-0.39, 0.29) is 12.0 Å². The number of hydrogen-bond acceptors (Lipinski definition) is 5.